The van der Waals surface area contributed by atoms with Gasteiger partial charge in [-0.1, -0.05) is 190 Å². The van der Waals surface area contributed by atoms with E-state index in [0.29, 0.717) is 0 Å². The van der Waals surface area contributed by atoms with Gasteiger partial charge in [-0.2, -0.15) is 0 Å². The molecule has 2 aliphatic carbocycles. The van der Waals surface area contributed by atoms with Gasteiger partial charge in [0.05, 0.1) is 27.8 Å². The van der Waals surface area contributed by atoms with Gasteiger partial charge in [-0.15, -0.1) is 11.3 Å². The van der Waals surface area contributed by atoms with Crippen molar-refractivity contribution in [3.05, 3.63) is 276 Å². The molecule has 0 unspecified atom stereocenters. The lowest BCUT2D eigenvalue weighted by atomic mass is 9.67. The largest absolute Gasteiger partial charge is 0.310 e. The molecule has 2 aromatic heterocycles. The Bertz CT molecular complexity index is 4750. The van der Waals surface area contributed by atoms with Crippen molar-refractivity contribution in [2.75, 3.05) is 4.90 Å². The van der Waals surface area contributed by atoms with E-state index in [1.807, 2.05) is 11.3 Å². The first-order valence-corrected chi connectivity index (χ1v) is 27.1. The maximum Gasteiger partial charge on any atom is 0.0715 e. The Kier molecular flexibility index (Phi) is 8.19. The molecule has 3 heteroatoms. The van der Waals surface area contributed by atoms with E-state index < -0.39 is 5.41 Å². The third kappa shape index (κ3) is 5.37. The van der Waals surface area contributed by atoms with Gasteiger partial charge in [0.15, 0.2) is 0 Å². The van der Waals surface area contributed by atoms with Gasteiger partial charge in [-0.3, -0.25) is 0 Å². The van der Waals surface area contributed by atoms with E-state index >= 15 is 0 Å². The van der Waals surface area contributed by atoms with Crippen LogP contribution in [0.15, 0.2) is 243 Å². The summed E-state index contributed by atoms with van der Waals surface area (Å²) in [5, 5.41) is 10.0. The number of benzene rings is 12. The van der Waals surface area contributed by atoms with Crippen LogP contribution >= 0.6 is 11.3 Å². The van der Waals surface area contributed by atoms with E-state index in [4.69, 9.17) is 0 Å². The van der Waals surface area contributed by atoms with Crippen molar-refractivity contribution in [2.45, 2.75) is 24.7 Å². The molecule has 12 aromatic carbocycles. The number of anilines is 3. The molecule has 0 spiro atoms. The number of nitrogens with zero attached hydrogens (tertiary/aromatic N) is 2. The average Bonchev–Trinajstić information content (AvgIpc) is 4.19. The molecule has 75 heavy (non-hydrogen) atoms. The molecule has 1 aliphatic heterocycles. The predicted octanol–water partition coefficient (Wildman–Crippen LogP) is 19.6. The monoisotopic (exact) mass is 970 g/mol. The van der Waals surface area contributed by atoms with Crippen LogP contribution < -0.4 is 4.90 Å². The normalized spacial score (nSPS) is 14.2. The number of hydrogen-bond donors (Lipinski definition) is 0. The van der Waals surface area contributed by atoms with Gasteiger partial charge in [0, 0.05) is 64.4 Å². The Morgan fingerprint density at radius 1 is 0.373 bits per heavy atom. The highest BCUT2D eigenvalue weighted by Crippen LogP contribution is 2.65. The molecule has 0 saturated carbocycles. The van der Waals surface area contributed by atoms with Crippen LogP contribution in [0.3, 0.4) is 0 Å². The second-order valence-corrected chi connectivity index (χ2v) is 22.6. The van der Waals surface area contributed by atoms with Crippen LogP contribution in [-0.2, 0) is 10.8 Å². The quantitative estimate of drug-likeness (QED) is 0.167. The summed E-state index contributed by atoms with van der Waals surface area (Å²) in [6.45, 7) is 4.80. The summed E-state index contributed by atoms with van der Waals surface area (Å²) < 4.78 is 5.20. The van der Waals surface area contributed by atoms with E-state index in [0.717, 1.165) is 17.1 Å². The minimum Gasteiger partial charge on any atom is -0.310 e. The molecular formula is C72H46N2S. The Morgan fingerprint density at radius 3 is 1.77 bits per heavy atom. The summed E-state index contributed by atoms with van der Waals surface area (Å²) in [5.74, 6) is 0. The molecule has 2 nitrogen and oxygen atoms in total. The van der Waals surface area contributed by atoms with Gasteiger partial charge in [0.25, 0.3) is 0 Å². The second kappa shape index (κ2) is 14.8. The van der Waals surface area contributed by atoms with Crippen LogP contribution in [0.4, 0.5) is 17.1 Å². The topological polar surface area (TPSA) is 8.17 Å². The van der Waals surface area contributed by atoms with Gasteiger partial charge in [-0.05, 0) is 138 Å². The number of fused-ring (bicyclic) bond motifs is 14. The highest BCUT2D eigenvalue weighted by molar-refractivity contribution is 7.25. The van der Waals surface area contributed by atoms with Crippen molar-refractivity contribution in [1.82, 2.24) is 4.57 Å². The lowest BCUT2D eigenvalue weighted by Gasteiger charge is -2.36. The minimum atomic E-state index is -0.684. The summed E-state index contributed by atoms with van der Waals surface area (Å²) in [6.07, 6.45) is 0. The van der Waals surface area contributed by atoms with Crippen molar-refractivity contribution in [1.29, 1.82) is 0 Å². The first-order valence-electron chi connectivity index (χ1n) is 26.2. The van der Waals surface area contributed by atoms with Gasteiger partial charge in [-0.25, -0.2) is 0 Å². The fourth-order valence-electron chi connectivity index (χ4n) is 14.3. The Hall–Kier alpha value is -9.02. The third-order valence-electron chi connectivity index (χ3n) is 17.5. The van der Waals surface area contributed by atoms with Gasteiger partial charge >= 0.3 is 0 Å². The van der Waals surface area contributed by atoms with Gasteiger partial charge in [0.2, 0.25) is 0 Å². The zero-order valence-corrected chi connectivity index (χ0v) is 42.2. The molecule has 0 fully saturated rings. The summed E-state index contributed by atoms with van der Waals surface area (Å²) >= 11 is 1.88. The molecular weight excluding hydrogens is 925 g/mol. The molecule has 0 N–H and O–H groups in total. The molecule has 0 radical (unpaired) electrons. The Balaban J connectivity index is 1.05. The van der Waals surface area contributed by atoms with Crippen molar-refractivity contribution in [2.24, 2.45) is 0 Å². The smallest absolute Gasteiger partial charge is 0.0715 e. The fraction of sp³-hybridized carbons (Fsp3) is 0.0556. The Morgan fingerprint density at radius 2 is 0.973 bits per heavy atom. The highest BCUT2D eigenvalue weighted by atomic mass is 32.1. The lowest BCUT2D eigenvalue weighted by molar-refractivity contribution is 0.660. The molecule has 17 rings (SSSR count). The molecule has 0 atom stereocenters. The first-order chi connectivity index (χ1) is 36.9. The minimum absolute atomic E-state index is 0.189. The molecule has 14 aromatic rings. The van der Waals surface area contributed by atoms with Crippen molar-refractivity contribution >= 4 is 91.9 Å². The molecule has 3 aliphatic rings. The van der Waals surface area contributed by atoms with Gasteiger partial charge in [0.1, 0.15) is 0 Å². The summed E-state index contributed by atoms with van der Waals surface area (Å²) in [7, 11) is 0. The molecule has 350 valence electrons. The van der Waals surface area contributed by atoms with E-state index in [-0.39, 0.29) is 5.41 Å². The summed E-state index contributed by atoms with van der Waals surface area (Å²) in [6, 6.07) is 92.7. The van der Waals surface area contributed by atoms with Crippen molar-refractivity contribution in [3.63, 3.8) is 0 Å². The average molecular weight is 971 g/mol. The molecule has 0 amide bonds. The number of hydrogen-bond acceptors (Lipinski definition) is 2. The number of para-hydroxylation sites is 2. The van der Waals surface area contributed by atoms with E-state index in [2.05, 4.69) is 266 Å². The number of rotatable bonds is 5. The van der Waals surface area contributed by atoms with E-state index in [9.17, 15) is 0 Å². The molecule has 3 heterocycles. The van der Waals surface area contributed by atoms with Gasteiger partial charge < -0.3 is 9.47 Å². The number of thiophene rings is 1. The fourth-order valence-corrected chi connectivity index (χ4v) is 15.4. The lowest BCUT2D eigenvalue weighted by Crippen LogP contribution is -2.29. The maximum atomic E-state index is 2.60. The summed E-state index contributed by atoms with van der Waals surface area (Å²) in [4.78, 5) is 2.60. The van der Waals surface area contributed by atoms with Crippen LogP contribution in [0.5, 0.6) is 0 Å². The van der Waals surface area contributed by atoms with E-state index in [1.54, 1.807) is 0 Å². The Labute approximate surface area is 438 Å². The van der Waals surface area contributed by atoms with Crippen LogP contribution in [-0.4, -0.2) is 4.57 Å². The molecule has 0 bridgehead atoms. The van der Waals surface area contributed by atoms with Crippen LogP contribution in [0.2, 0.25) is 0 Å². The van der Waals surface area contributed by atoms with Crippen LogP contribution in [0.25, 0.3) is 103 Å². The highest BCUT2D eigenvalue weighted by Gasteiger charge is 2.50. The first kappa shape index (κ1) is 41.5. The maximum absolute atomic E-state index is 2.60. The van der Waals surface area contributed by atoms with Crippen molar-refractivity contribution in [3.8, 4) is 39.1 Å². The summed E-state index contributed by atoms with van der Waals surface area (Å²) in [5.41, 5.74) is 21.8. The third-order valence-corrected chi connectivity index (χ3v) is 18.7. The standard InChI is InChI=1S/C72H46N2S/c1-71(2)58-23-11-7-19-51(58)52-33-31-50(42-61(52)71)73(49-32-38-66-57(41-49)54-21-10-14-26-65(54)75-66)64-37-36-59-68-67(64)56-22-9-13-25-63(56)74-62-24-12-8-20-53(62)55-34-35-60(69(68)70(55)74)72(59,47-29-27-43-15-3-5-17-45(43)39-47)48-30-28-44-16-4-6-18-46(44)40-48/h3-42H,1-2H3. The van der Waals surface area contributed by atoms with Crippen molar-refractivity contribution < 1.29 is 0 Å². The second-order valence-electron chi connectivity index (χ2n) is 21.5. The van der Waals surface area contributed by atoms with Crippen LogP contribution in [0, 0.1) is 0 Å². The van der Waals surface area contributed by atoms with Crippen LogP contribution in [0.1, 0.15) is 47.2 Å². The number of aromatic nitrogens is 1. The zero-order chi connectivity index (χ0) is 49.3. The van der Waals surface area contributed by atoms with E-state index in [1.165, 1.54) is 136 Å². The zero-order valence-electron chi connectivity index (χ0n) is 41.4. The molecule has 0 saturated heterocycles. The SMILES string of the molecule is CC1(C)c2ccccc2-c2ccc(N(c3ccc4sc5ccccc5c4c3)c3ccc4c5c3-c3ccccc3-n3c6ccccc6c6ccc(c-5c63)C4(c3ccc4ccccc4c3)c3ccc4ccccc4c3)cc21. The predicted molar refractivity (Wildman–Crippen MR) is 317 cm³/mol.